The third-order valence-corrected chi connectivity index (χ3v) is 3.75. The molecule has 7 nitrogen and oxygen atoms in total. The SMILES string of the molecule is COc1cc(C#N)ccc1OCC(=O)Nc1cc(C)nn1-c1ccccc1. The van der Waals surface area contributed by atoms with Crippen LogP contribution in [-0.4, -0.2) is 29.4 Å². The first-order valence-electron chi connectivity index (χ1n) is 8.23. The van der Waals surface area contributed by atoms with E-state index < -0.39 is 0 Å². The number of carbonyl (C=O) groups is 1. The number of aromatic nitrogens is 2. The molecule has 1 amide bonds. The summed E-state index contributed by atoms with van der Waals surface area (Å²) in [6, 6.07) is 18.1. The predicted octanol–water partition coefficient (Wildman–Crippen LogP) is 3.08. The van der Waals surface area contributed by atoms with Crippen LogP contribution in [0.2, 0.25) is 0 Å². The van der Waals surface area contributed by atoms with E-state index in [-0.39, 0.29) is 12.5 Å². The van der Waals surface area contributed by atoms with Crippen molar-refractivity contribution in [3.63, 3.8) is 0 Å². The van der Waals surface area contributed by atoms with Gasteiger partial charge in [-0.1, -0.05) is 18.2 Å². The molecule has 0 aliphatic carbocycles. The number of nitriles is 1. The highest BCUT2D eigenvalue weighted by atomic mass is 16.5. The van der Waals surface area contributed by atoms with Crippen molar-refractivity contribution >= 4 is 11.7 Å². The number of amides is 1. The van der Waals surface area contributed by atoms with Gasteiger partial charge in [0.05, 0.1) is 30.1 Å². The number of hydrogen-bond donors (Lipinski definition) is 1. The lowest BCUT2D eigenvalue weighted by molar-refractivity contribution is -0.118. The van der Waals surface area contributed by atoms with E-state index in [0.29, 0.717) is 22.9 Å². The van der Waals surface area contributed by atoms with Crippen LogP contribution in [0.15, 0.2) is 54.6 Å². The highest BCUT2D eigenvalue weighted by molar-refractivity contribution is 5.91. The largest absolute Gasteiger partial charge is 0.493 e. The Morgan fingerprint density at radius 1 is 1.19 bits per heavy atom. The van der Waals surface area contributed by atoms with Crippen molar-refractivity contribution in [1.82, 2.24) is 9.78 Å². The predicted molar refractivity (Wildman–Crippen MR) is 100 cm³/mol. The second-order valence-electron chi connectivity index (χ2n) is 5.73. The number of anilines is 1. The number of nitrogens with one attached hydrogen (secondary N) is 1. The molecule has 136 valence electrons. The molecule has 1 N–H and O–H groups in total. The Labute approximate surface area is 156 Å². The summed E-state index contributed by atoms with van der Waals surface area (Å²) in [5.74, 6) is 1.00. The van der Waals surface area contributed by atoms with Crippen molar-refractivity contribution in [1.29, 1.82) is 5.26 Å². The number of rotatable bonds is 6. The molecule has 0 radical (unpaired) electrons. The molecule has 0 spiro atoms. The zero-order valence-corrected chi connectivity index (χ0v) is 15.0. The normalized spacial score (nSPS) is 10.1. The van der Waals surface area contributed by atoms with E-state index in [9.17, 15) is 4.79 Å². The van der Waals surface area contributed by atoms with E-state index in [0.717, 1.165) is 11.4 Å². The number of aryl methyl sites for hydroxylation is 1. The van der Waals surface area contributed by atoms with Gasteiger partial charge in [0.2, 0.25) is 0 Å². The number of para-hydroxylation sites is 1. The summed E-state index contributed by atoms with van der Waals surface area (Å²) in [4.78, 5) is 12.3. The molecule has 0 bridgehead atoms. The molecular formula is C20H18N4O3. The van der Waals surface area contributed by atoms with Crippen LogP contribution in [0.25, 0.3) is 5.69 Å². The number of carbonyl (C=O) groups excluding carboxylic acids is 1. The molecule has 0 aliphatic rings. The number of nitrogens with zero attached hydrogens (tertiary/aromatic N) is 3. The molecule has 3 aromatic rings. The minimum atomic E-state index is -0.335. The first-order chi connectivity index (χ1) is 13.1. The summed E-state index contributed by atoms with van der Waals surface area (Å²) in [5.41, 5.74) is 2.07. The average Bonchev–Trinajstić information content (AvgIpc) is 3.06. The lowest BCUT2D eigenvalue weighted by Crippen LogP contribution is -2.22. The van der Waals surface area contributed by atoms with Crippen LogP contribution in [0.5, 0.6) is 11.5 Å². The summed E-state index contributed by atoms with van der Waals surface area (Å²) in [5, 5.41) is 16.1. The van der Waals surface area contributed by atoms with Gasteiger partial charge in [0.25, 0.3) is 5.91 Å². The molecular weight excluding hydrogens is 344 g/mol. The van der Waals surface area contributed by atoms with E-state index in [2.05, 4.69) is 10.4 Å². The Kier molecular flexibility index (Phi) is 5.38. The molecule has 1 aromatic heterocycles. The van der Waals surface area contributed by atoms with Gasteiger partial charge in [-0.25, -0.2) is 4.68 Å². The summed E-state index contributed by atoms with van der Waals surface area (Å²) in [7, 11) is 1.48. The van der Waals surface area contributed by atoms with Gasteiger partial charge >= 0.3 is 0 Å². The van der Waals surface area contributed by atoms with E-state index in [1.807, 2.05) is 43.3 Å². The minimum absolute atomic E-state index is 0.207. The Morgan fingerprint density at radius 2 is 1.96 bits per heavy atom. The van der Waals surface area contributed by atoms with Gasteiger partial charge in [-0.15, -0.1) is 0 Å². The highest BCUT2D eigenvalue weighted by Gasteiger charge is 2.13. The van der Waals surface area contributed by atoms with Crippen molar-refractivity contribution in [2.45, 2.75) is 6.92 Å². The number of benzene rings is 2. The fourth-order valence-electron chi connectivity index (χ4n) is 2.53. The second kappa shape index (κ2) is 8.06. The van der Waals surface area contributed by atoms with Gasteiger partial charge in [0.15, 0.2) is 18.1 Å². The van der Waals surface area contributed by atoms with Gasteiger partial charge in [-0.05, 0) is 31.2 Å². The van der Waals surface area contributed by atoms with Crippen molar-refractivity contribution < 1.29 is 14.3 Å². The summed E-state index contributed by atoms with van der Waals surface area (Å²) in [6.45, 7) is 1.65. The second-order valence-corrected chi connectivity index (χ2v) is 5.73. The number of ether oxygens (including phenoxy) is 2. The first-order valence-corrected chi connectivity index (χ1v) is 8.23. The molecule has 7 heteroatoms. The van der Waals surface area contributed by atoms with Crippen molar-refractivity contribution in [2.75, 3.05) is 19.0 Å². The average molecular weight is 362 g/mol. The van der Waals surface area contributed by atoms with E-state index in [1.165, 1.54) is 7.11 Å². The molecule has 0 atom stereocenters. The molecule has 0 unspecified atom stereocenters. The lowest BCUT2D eigenvalue weighted by atomic mass is 10.2. The lowest BCUT2D eigenvalue weighted by Gasteiger charge is -2.12. The third kappa shape index (κ3) is 4.25. The Morgan fingerprint density at radius 3 is 2.67 bits per heavy atom. The monoisotopic (exact) mass is 362 g/mol. The molecule has 1 heterocycles. The highest BCUT2D eigenvalue weighted by Crippen LogP contribution is 2.27. The van der Waals surface area contributed by atoms with Crippen LogP contribution in [0, 0.1) is 18.3 Å². The maximum Gasteiger partial charge on any atom is 0.263 e. The van der Waals surface area contributed by atoms with Crippen LogP contribution < -0.4 is 14.8 Å². The van der Waals surface area contributed by atoms with Crippen LogP contribution in [-0.2, 0) is 4.79 Å². The van der Waals surface area contributed by atoms with Gasteiger partial charge < -0.3 is 14.8 Å². The molecule has 0 saturated heterocycles. The van der Waals surface area contributed by atoms with Crippen molar-refractivity contribution in [2.24, 2.45) is 0 Å². The fourth-order valence-corrected chi connectivity index (χ4v) is 2.53. The van der Waals surface area contributed by atoms with Crippen LogP contribution in [0.1, 0.15) is 11.3 Å². The minimum Gasteiger partial charge on any atom is -0.493 e. The molecule has 2 aromatic carbocycles. The van der Waals surface area contributed by atoms with Crippen LogP contribution >= 0.6 is 0 Å². The topological polar surface area (TPSA) is 89.2 Å². The van der Waals surface area contributed by atoms with Gasteiger partial charge in [-0.3, -0.25) is 4.79 Å². The third-order valence-electron chi connectivity index (χ3n) is 3.75. The fraction of sp³-hybridized carbons (Fsp3) is 0.150. The summed E-state index contributed by atoms with van der Waals surface area (Å²) < 4.78 is 12.4. The van der Waals surface area contributed by atoms with Gasteiger partial charge in [-0.2, -0.15) is 10.4 Å². The molecule has 27 heavy (non-hydrogen) atoms. The Bertz CT molecular complexity index is 990. The van der Waals surface area contributed by atoms with Crippen molar-refractivity contribution in [3.05, 3.63) is 65.9 Å². The van der Waals surface area contributed by atoms with E-state index in [1.54, 1.807) is 28.9 Å². The first kappa shape index (κ1) is 18.0. The maximum absolute atomic E-state index is 12.3. The smallest absolute Gasteiger partial charge is 0.263 e. The van der Waals surface area contributed by atoms with E-state index >= 15 is 0 Å². The zero-order chi connectivity index (χ0) is 19.2. The van der Waals surface area contributed by atoms with Crippen molar-refractivity contribution in [3.8, 4) is 23.3 Å². The molecule has 3 rings (SSSR count). The quantitative estimate of drug-likeness (QED) is 0.728. The Hall–Kier alpha value is -3.79. The maximum atomic E-state index is 12.3. The Balaban J connectivity index is 1.70. The van der Waals surface area contributed by atoms with Gasteiger partial charge in [0, 0.05) is 12.1 Å². The molecule has 0 fully saturated rings. The number of methoxy groups -OCH3 is 1. The number of hydrogen-bond acceptors (Lipinski definition) is 5. The molecule has 0 saturated carbocycles. The standard InChI is InChI=1S/C20H18N4O3/c1-14-10-19(24(23-14)16-6-4-3-5-7-16)22-20(25)13-27-17-9-8-15(12-21)11-18(17)26-2/h3-11H,13H2,1-2H3,(H,22,25). The van der Waals surface area contributed by atoms with E-state index in [4.69, 9.17) is 14.7 Å². The van der Waals surface area contributed by atoms with Crippen LogP contribution in [0.3, 0.4) is 0 Å². The molecule has 0 aliphatic heterocycles. The summed E-state index contributed by atoms with van der Waals surface area (Å²) >= 11 is 0. The summed E-state index contributed by atoms with van der Waals surface area (Å²) in [6.07, 6.45) is 0. The van der Waals surface area contributed by atoms with Gasteiger partial charge in [0.1, 0.15) is 5.82 Å². The van der Waals surface area contributed by atoms with Crippen LogP contribution in [0.4, 0.5) is 5.82 Å². The zero-order valence-electron chi connectivity index (χ0n) is 15.0.